The quantitative estimate of drug-likeness (QED) is 0.912. The molecule has 1 aromatic rings. The number of fused-ring (bicyclic) bond motifs is 1. The molecular weight excluding hydrogens is 248 g/mol. The normalized spacial score (nSPS) is 24.6. The van der Waals surface area contributed by atoms with Gasteiger partial charge in [0.05, 0.1) is 5.92 Å². The van der Waals surface area contributed by atoms with Crippen molar-refractivity contribution in [3.8, 4) is 0 Å². The third-order valence-electron chi connectivity index (χ3n) is 4.61. The SMILES string of the molecule is CCCN(C(=O)C1Cc2ccccc21)C1CCCNC1. The number of benzene rings is 1. The first kappa shape index (κ1) is 13.6. The zero-order valence-corrected chi connectivity index (χ0v) is 12.3. The Morgan fingerprint density at radius 3 is 2.95 bits per heavy atom. The van der Waals surface area contributed by atoms with Crippen LogP contribution in [0.25, 0.3) is 0 Å². The minimum absolute atomic E-state index is 0.111. The number of rotatable bonds is 4. The highest BCUT2D eigenvalue weighted by Gasteiger charge is 2.36. The van der Waals surface area contributed by atoms with Crippen LogP contribution >= 0.6 is 0 Å². The topological polar surface area (TPSA) is 32.3 Å². The zero-order valence-electron chi connectivity index (χ0n) is 12.3. The molecule has 2 unspecified atom stereocenters. The Morgan fingerprint density at radius 2 is 2.25 bits per heavy atom. The number of hydrogen-bond acceptors (Lipinski definition) is 2. The monoisotopic (exact) mass is 272 g/mol. The Labute approximate surface area is 121 Å². The number of carbonyl (C=O) groups is 1. The summed E-state index contributed by atoms with van der Waals surface area (Å²) in [7, 11) is 0. The van der Waals surface area contributed by atoms with Gasteiger partial charge in [0.1, 0.15) is 0 Å². The molecule has 108 valence electrons. The summed E-state index contributed by atoms with van der Waals surface area (Å²) in [6.45, 7) is 5.10. The molecule has 20 heavy (non-hydrogen) atoms. The molecule has 1 amide bonds. The summed E-state index contributed by atoms with van der Waals surface area (Å²) in [4.78, 5) is 15.0. The standard InChI is InChI=1S/C17H24N2O/c1-2-10-19(14-7-5-9-18-12-14)17(20)16-11-13-6-3-4-8-15(13)16/h3-4,6,8,14,16,18H,2,5,7,9-12H2,1H3. The maximum atomic E-state index is 12.9. The van der Waals surface area contributed by atoms with Crippen LogP contribution in [0.2, 0.25) is 0 Å². The number of nitrogens with zero attached hydrogens (tertiary/aromatic N) is 1. The summed E-state index contributed by atoms with van der Waals surface area (Å²) in [5.41, 5.74) is 2.60. The lowest BCUT2D eigenvalue weighted by molar-refractivity contribution is -0.136. The Balaban J connectivity index is 1.73. The summed E-state index contributed by atoms with van der Waals surface area (Å²) in [5.74, 6) is 0.457. The van der Waals surface area contributed by atoms with Gasteiger partial charge in [0.2, 0.25) is 5.91 Å². The van der Waals surface area contributed by atoms with Gasteiger partial charge in [-0.25, -0.2) is 0 Å². The van der Waals surface area contributed by atoms with Crippen molar-refractivity contribution in [1.82, 2.24) is 10.2 Å². The molecule has 1 N–H and O–H groups in total. The van der Waals surface area contributed by atoms with Crippen molar-refractivity contribution in [2.45, 2.75) is 44.6 Å². The molecular formula is C17H24N2O. The maximum absolute atomic E-state index is 12.9. The number of amides is 1. The molecule has 1 fully saturated rings. The van der Waals surface area contributed by atoms with Crippen molar-refractivity contribution in [2.24, 2.45) is 0 Å². The summed E-state index contributed by atoms with van der Waals surface area (Å²) in [5, 5.41) is 3.43. The van der Waals surface area contributed by atoms with Gasteiger partial charge in [-0.3, -0.25) is 4.79 Å². The van der Waals surface area contributed by atoms with Crippen molar-refractivity contribution in [3.05, 3.63) is 35.4 Å². The Bertz CT molecular complexity index is 480. The number of carbonyl (C=O) groups excluding carboxylic acids is 1. The molecule has 1 saturated heterocycles. The predicted molar refractivity (Wildman–Crippen MR) is 80.8 cm³/mol. The van der Waals surface area contributed by atoms with Crippen molar-refractivity contribution in [1.29, 1.82) is 0 Å². The lowest BCUT2D eigenvalue weighted by atomic mass is 9.76. The van der Waals surface area contributed by atoms with Gasteiger partial charge in [0.25, 0.3) is 0 Å². The average Bonchev–Trinajstić information content (AvgIpc) is 2.47. The van der Waals surface area contributed by atoms with E-state index in [9.17, 15) is 4.79 Å². The first-order valence-corrected chi connectivity index (χ1v) is 7.90. The van der Waals surface area contributed by atoms with Crippen LogP contribution in [-0.2, 0) is 11.2 Å². The molecule has 1 aromatic carbocycles. The Hall–Kier alpha value is -1.35. The molecule has 3 rings (SSSR count). The summed E-state index contributed by atoms with van der Waals surface area (Å²) in [6.07, 6.45) is 4.29. The van der Waals surface area contributed by atoms with E-state index in [1.807, 2.05) is 6.07 Å². The third kappa shape index (κ3) is 2.47. The molecule has 0 radical (unpaired) electrons. The van der Waals surface area contributed by atoms with E-state index in [0.717, 1.165) is 38.9 Å². The van der Waals surface area contributed by atoms with Crippen LogP contribution in [-0.4, -0.2) is 36.5 Å². The number of nitrogens with one attached hydrogen (secondary N) is 1. The van der Waals surface area contributed by atoms with Gasteiger partial charge in [-0.05, 0) is 43.4 Å². The predicted octanol–water partition coefficient (Wildman–Crippen LogP) is 2.32. The summed E-state index contributed by atoms with van der Waals surface area (Å²) >= 11 is 0. The van der Waals surface area contributed by atoms with E-state index in [0.29, 0.717) is 11.9 Å². The second-order valence-corrected chi connectivity index (χ2v) is 5.99. The molecule has 0 saturated carbocycles. The third-order valence-corrected chi connectivity index (χ3v) is 4.61. The fourth-order valence-corrected chi connectivity index (χ4v) is 3.49. The molecule has 1 aliphatic carbocycles. The van der Waals surface area contributed by atoms with Gasteiger partial charge in [0, 0.05) is 19.1 Å². The molecule has 3 nitrogen and oxygen atoms in total. The zero-order chi connectivity index (χ0) is 13.9. The second kappa shape index (κ2) is 5.96. The maximum Gasteiger partial charge on any atom is 0.230 e. The van der Waals surface area contributed by atoms with Crippen molar-refractivity contribution in [2.75, 3.05) is 19.6 Å². The van der Waals surface area contributed by atoms with Gasteiger partial charge < -0.3 is 10.2 Å². The van der Waals surface area contributed by atoms with Crippen molar-refractivity contribution in [3.63, 3.8) is 0 Å². The molecule has 1 aliphatic heterocycles. The van der Waals surface area contributed by atoms with Crippen molar-refractivity contribution >= 4 is 5.91 Å². The fourth-order valence-electron chi connectivity index (χ4n) is 3.49. The van der Waals surface area contributed by atoms with Crippen LogP contribution in [0.4, 0.5) is 0 Å². The lowest BCUT2D eigenvalue weighted by Crippen LogP contribution is -2.51. The highest BCUT2D eigenvalue weighted by molar-refractivity contribution is 5.87. The minimum atomic E-state index is 0.111. The highest BCUT2D eigenvalue weighted by atomic mass is 16.2. The molecule has 0 spiro atoms. The smallest absolute Gasteiger partial charge is 0.230 e. The Kier molecular flexibility index (Phi) is 4.06. The Morgan fingerprint density at radius 1 is 1.40 bits per heavy atom. The fraction of sp³-hybridized carbons (Fsp3) is 0.588. The first-order chi connectivity index (χ1) is 9.81. The van der Waals surface area contributed by atoms with Gasteiger partial charge in [-0.2, -0.15) is 0 Å². The summed E-state index contributed by atoms with van der Waals surface area (Å²) < 4.78 is 0. The minimum Gasteiger partial charge on any atom is -0.338 e. The number of piperidine rings is 1. The van der Waals surface area contributed by atoms with Crippen LogP contribution in [0.3, 0.4) is 0 Å². The van der Waals surface area contributed by atoms with Gasteiger partial charge >= 0.3 is 0 Å². The van der Waals surface area contributed by atoms with Crippen LogP contribution in [0.5, 0.6) is 0 Å². The van der Waals surface area contributed by atoms with Crippen LogP contribution in [0.1, 0.15) is 43.2 Å². The van der Waals surface area contributed by atoms with E-state index in [1.54, 1.807) is 0 Å². The van der Waals surface area contributed by atoms with E-state index in [4.69, 9.17) is 0 Å². The van der Waals surface area contributed by atoms with Gasteiger partial charge in [0.15, 0.2) is 0 Å². The van der Waals surface area contributed by atoms with E-state index < -0.39 is 0 Å². The van der Waals surface area contributed by atoms with E-state index in [2.05, 4.69) is 35.3 Å². The van der Waals surface area contributed by atoms with Crippen LogP contribution < -0.4 is 5.32 Å². The highest BCUT2D eigenvalue weighted by Crippen LogP contribution is 2.36. The molecule has 1 heterocycles. The lowest BCUT2D eigenvalue weighted by Gasteiger charge is -2.39. The molecule has 0 bridgehead atoms. The van der Waals surface area contributed by atoms with Crippen LogP contribution in [0.15, 0.2) is 24.3 Å². The van der Waals surface area contributed by atoms with Gasteiger partial charge in [-0.1, -0.05) is 31.2 Å². The summed E-state index contributed by atoms with van der Waals surface area (Å²) in [6, 6.07) is 8.76. The van der Waals surface area contributed by atoms with Gasteiger partial charge in [-0.15, -0.1) is 0 Å². The number of hydrogen-bond donors (Lipinski definition) is 1. The molecule has 2 atom stereocenters. The van der Waals surface area contributed by atoms with Crippen molar-refractivity contribution < 1.29 is 4.79 Å². The molecule has 0 aromatic heterocycles. The molecule has 2 aliphatic rings. The largest absolute Gasteiger partial charge is 0.338 e. The van der Waals surface area contributed by atoms with E-state index >= 15 is 0 Å². The van der Waals surface area contributed by atoms with E-state index in [-0.39, 0.29) is 5.92 Å². The first-order valence-electron chi connectivity index (χ1n) is 7.90. The van der Waals surface area contributed by atoms with E-state index in [1.165, 1.54) is 17.5 Å². The second-order valence-electron chi connectivity index (χ2n) is 5.99. The average molecular weight is 272 g/mol. The van der Waals surface area contributed by atoms with Crippen LogP contribution in [0, 0.1) is 0 Å². The molecule has 3 heteroatoms.